The molecule has 0 spiro atoms. The number of nitrogens with one attached hydrogen (secondary N) is 1. The first kappa shape index (κ1) is 38.0. The summed E-state index contributed by atoms with van der Waals surface area (Å²) in [5.74, 6) is 0.741. The molecular formula is C43H53N3O4S. The van der Waals surface area contributed by atoms with Crippen LogP contribution in [0.3, 0.4) is 0 Å². The van der Waals surface area contributed by atoms with Gasteiger partial charge in [0.15, 0.2) is 0 Å². The Bertz CT molecular complexity index is 1630. The zero-order valence-electron chi connectivity index (χ0n) is 30.1. The van der Waals surface area contributed by atoms with Crippen LogP contribution in [0.5, 0.6) is 5.75 Å². The predicted octanol–water partition coefficient (Wildman–Crippen LogP) is 8.42. The number of piperidine rings is 2. The van der Waals surface area contributed by atoms with Gasteiger partial charge in [0.1, 0.15) is 11.8 Å². The van der Waals surface area contributed by atoms with E-state index in [1.807, 2.05) is 66.9 Å². The highest BCUT2D eigenvalue weighted by atomic mass is 32.1. The maximum absolute atomic E-state index is 13.0. The van der Waals surface area contributed by atoms with Gasteiger partial charge < -0.3 is 14.5 Å². The van der Waals surface area contributed by atoms with E-state index < -0.39 is 6.04 Å². The summed E-state index contributed by atoms with van der Waals surface area (Å²) in [6.45, 7) is 9.96. The molecule has 0 saturated carbocycles. The average Bonchev–Trinajstić information content (AvgIpc) is 3.73. The molecule has 1 atom stereocenters. The van der Waals surface area contributed by atoms with Gasteiger partial charge in [-0.2, -0.15) is 0 Å². The monoisotopic (exact) mass is 707 g/mol. The van der Waals surface area contributed by atoms with Gasteiger partial charge in [0.2, 0.25) is 11.8 Å². The highest BCUT2D eigenvalue weighted by Gasteiger charge is 2.41. The van der Waals surface area contributed by atoms with Crippen LogP contribution >= 0.6 is 11.3 Å². The number of hydrogen-bond acceptors (Lipinski definition) is 6. The fourth-order valence-corrected chi connectivity index (χ4v) is 8.44. The maximum Gasteiger partial charge on any atom is 0.256 e. The third-order valence-corrected chi connectivity index (χ3v) is 11.2. The highest BCUT2D eigenvalue weighted by molar-refractivity contribution is 7.10. The number of carbonyl (C=O) groups excluding carboxylic acids is 3. The van der Waals surface area contributed by atoms with Gasteiger partial charge in [-0.3, -0.25) is 19.7 Å². The van der Waals surface area contributed by atoms with E-state index in [1.54, 1.807) is 33.4 Å². The molecule has 7 rings (SSSR count). The molecule has 7 nitrogen and oxygen atoms in total. The van der Waals surface area contributed by atoms with Crippen molar-refractivity contribution >= 4 is 29.1 Å². The van der Waals surface area contributed by atoms with Gasteiger partial charge in [0.25, 0.3) is 5.91 Å². The smallest absolute Gasteiger partial charge is 0.256 e. The van der Waals surface area contributed by atoms with Gasteiger partial charge in [-0.05, 0) is 119 Å². The fraction of sp³-hybridized carbons (Fsp3) is 0.419. The molecule has 4 aliphatic rings. The summed E-state index contributed by atoms with van der Waals surface area (Å²) in [4.78, 5) is 42.3. The Hall–Kier alpha value is -4.27. The molecule has 51 heavy (non-hydrogen) atoms. The number of carbonyl (C=O) groups is 3. The van der Waals surface area contributed by atoms with Crippen LogP contribution in [0.1, 0.15) is 96.1 Å². The molecule has 270 valence electrons. The van der Waals surface area contributed by atoms with Gasteiger partial charge >= 0.3 is 0 Å². The molecule has 2 fully saturated rings. The molecule has 3 aromatic rings. The second-order valence-corrected chi connectivity index (χ2v) is 14.4. The number of rotatable bonds is 10. The number of nitrogens with zero attached hydrogens (tertiary/aromatic N) is 2. The number of aryl methyl sites for hydroxylation is 2. The molecule has 8 heteroatoms. The van der Waals surface area contributed by atoms with Crippen molar-refractivity contribution in [1.82, 2.24) is 15.1 Å². The summed E-state index contributed by atoms with van der Waals surface area (Å²) in [5, 5.41) is 4.35. The van der Waals surface area contributed by atoms with Crippen LogP contribution in [0.25, 0.3) is 0 Å². The zero-order chi connectivity index (χ0) is 35.8. The second kappa shape index (κ2) is 19.9. The standard InChI is InChI=1S/C26H31N3O4S.C10H12.C7H10/c30-23-9-8-22(25(31)27-23)29-16-20-21(26(29)32)17-34-24(20)18-10-13-28(14-11-18)12-4-5-15-33-19-6-2-1-3-7-19;1-2-6-10-8-4-3-7-9(10)5-1;1-3-5-7-6-4-2/h1-3,6-7,17-18,22H,4-5,8-16H2,(H,27,30,31);1-2,5-6H,3-4,7-8H2;3-7H,1H2,2H3/b;;6-4-,7-5-. The van der Waals surface area contributed by atoms with Gasteiger partial charge in [-0.1, -0.05) is 79.4 Å². The Morgan fingerprint density at radius 3 is 2.25 bits per heavy atom. The molecule has 2 saturated heterocycles. The summed E-state index contributed by atoms with van der Waals surface area (Å²) >= 11 is 1.70. The molecule has 2 aromatic carbocycles. The number of hydrogen-bond donors (Lipinski definition) is 1. The Morgan fingerprint density at radius 1 is 0.882 bits per heavy atom. The topological polar surface area (TPSA) is 79.0 Å². The maximum atomic E-state index is 13.0. The first-order valence-corrected chi connectivity index (χ1v) is 19.5. The third kappa shape index (κ3) is 10.9. The van der Waals surface area contributed by atoms with Crippen LogP contribution in [0.2, 0.25) is 0 Å². The van der Waals surface area contributed by atoms with Crippen molar-refractivity contribution in [3.05, 3.63) is 124 Å². The van der Waals surface area contributed by atoms with E-state index in [-0.39, 0.29) is 24.1 Å². The number of likely N-dealkylation sites (tertiary alicyclic amines) is 1. The molecule has 3 amide bonds. The number of imide groups is 1. The number of unbranched alkanes of at least 4 members (excludes halogenated alkanes) is 1. The Balaban J connectivity index is 0.000000242. The fourth-order valence-electron chi connectivity index (χ4n) is 7.20. The molecule has 1 unspecified atom stereocenters. The normalized spacial score (nSPS) is 19.1. The number of amides is 3. The van der Waals surface area contributed by atoms with E-state index in [0.717, 1.165) is 68.8 Å². The summed E-state index contributed by atoms with van der Waals surface area (Å²) in [5.41, 5.74) is 5.02. The van der Waals surface area contributed by atoms with E-state index in [2.05, 4.69) is 41.1 Å². The highest BCUT2D eigenvalue weighted by Crippen LogP contribution is 2.41. The lowest BCUT2D eigenvalue weighted by atomic mass is 9.92. The van der Waals surface area contributed by atoms with Gasteiger partial charge in [0.05, 0.1) is 12.2 Å². The number of ether oxygens (including phenoxy) is 1. The minimum Gasteiger partial charge on any atom is -0.494 e. The summed E-state index contributed by atoms with van der Waals surface area (Å²) in [6, 6.07) is 18.2. The molecule has 0 bridgehead atoms. The summed E-state index contributed by atoms with van der Waals surface area (Å²) in [7, 11) is 0. The minimum absolute atomic E-state index is 0.0674. The van der Waals surface area contributed by atoms with E-state index >= 15 is 0 Å². The van der Waals surface area contributed by atoms with Crippen LogP contribution < -0.4 is 10.1 Å². The Kier molecular flexibility index (Phi) is 14.9. The van der Waals surface area contributed by atoms with Gasteiger partial charge in [-0.15, -0.1) is 11.3 Å². The van der Waals surface area contributed by atoms with Crippen LogP contribution in [0, 0.1) is 0 Å². The number of benzene rings is 2. The quantitative estimate of drug-likeness (QED) is 0.130. The largest absolute Gasteiger partial charge is 0.494 e. The van der Waals surface area contributed by atoms with Gasteiger partial charge in [-0.25, -0.2) is 0 Å². The van der Waals surface area contributed by atoms with Crippen molar-refractivity contribution in [1.29, 1.82) is 0 Å². The summed E-state index contributed by atoms with van der Waals surface area (Å²) < 4.78 is 5.79. The van der Waals surface area contributed by atoms with E-state index in [9.17, 15) is 14.4 Å². The number of thiophene rings is 1. The lowest BCUT2D eigenvalue weighted by Gasteiger charge is -2.32. The molecule has 1 aliphatic carbocycles. The van der Waals surface area contributed by atoms with Gasteiger partial charge in [0, 0.05) is 23.2 Å². The average molecular weight is 708 g/mol. The third-order valence-electron chi connectivity index (χ3n) is 9.98. The first-order chi connectivity index (χ1) is 25.0. The lowest BCUT2D eigenvalue weighted by Crippen LogP contribution is -2.52. The molecule has 1 N–H and O–H groups in total. The number of allylic oxidation sites excluding steroid dienone is 5. The zero-order valence-corrected chi connectivity index (χ0v) is 30.9. The van der Waals surface area contributed by atoms with Crippen molar-refractivity contribution in [2.24, 2.45) is 0 Å². The van der Waals surface area contributed by atoms with E-state index in [4.69, 9.17) is 4.74 Å². The minimum atomic E-state index is -0.539. The first-order valence-electron chi connectivity index (χ1n) is 18.6. The van der Waals surface area contributed by atoms with E-state index in [0.29, 0.717) is 18.9 Å². The summed E-state index contributed by atoms with van der Waals surface area (Å²) in [6.07, 6.45) is 20.0. The Morgan fingerprint density at radius 2 is 1.59 bits per heavy atom. The van der Waals surface area contributed by atoms with Crippen molar-refractivity contribution in [3.8, 4) is 5.75 Å². The van der Waals surface area contributed by atoms with E-state index in [1.165, 1.54) is 30.6 Å². The molecule has 3 aliphatic heterocycles. The van der Waals surface area contributed by atoms with Crippen LogP contribution in [0.15, 0.2) is 96.9 Å². The van der Waals surface area contributed by atoms with Crippen LogP contribution in [0.4, 0.5) is 0 Å². The molecular weight excluding hydrogens is 655 g/mol. The molecule has 1 aromatic heterocycles. The molecule has 0 radical (unpaired) electrons. The van der Waals surface area contributed by atoms with Crippen LogP contribution in [-0.2, 0) is 29.0 Å². The Labute approximate surface area is 308 Å². The second-order valence-electron chi connectivity index (χ2n) is 13.5. The molecule has 4 heterocycles. The van der Waals surface area contributed by atoms with Crippen molar-refractivity contribution < 1.29 is 19.1 Å². The number of para-hydroxylation sites is 1. The van der Waals surface area contributed by atoms with Crippen LogP contribution in [-0.4, -0.2) is 59.8 Å². The predicted molar refractivity (Wildman–Crippen MR) is 207 cm³/mol. The van der Waals surface area contributed by atoms with Crippen molar-refractivity contribution in [2.75, 3.05) is 26.2 Å². The lowest BCUT2D eigenvalue weighted by molar-refractivity contribution is -0.136. The van der Waals surface area contributed by atoms with Crippen molar-refractivity contribution in [3.63, 3.8) is 0 Å². The van der Waals surface area contributed by atoms with Crippen molar-refractivity contribution in [2.45, 2.75) is 89.6 Å². The number of fused-ring (bicyclic) bond motifs is 2. The SMILES string of the molecule is C=C/C=C\C=C/C.O=C1CCC(N2Cc3c(csc3C3CCN(CCCCOc4ccccc4)CC3)C2=O)C(=O)N1.c1ccc2c(c1)CCCC2.